The molecular weight excluding hydrogens is 199 g/mol. The maximum atomic E-state index is 13.3. The van der Waals surface area contributed by atoms with Crippen LogP contribution in [0.25, 0.3) is 0 Å². The van der Waals surface area contributed by atoms with Gasteiger partial charge in [0.1, 0.15) is 5.82 Å². The number of rotatable bonds is 5. The minimum Gasteiger partial charge on any atom is -0.464 e. The van der Waals surface area contributed by atoms with Gasteiger partial charge in [0.15, 0.2) is 0 Å². The maximum Gasteiger partial charge on any atom is 0.341 e. The van der Waals surface area contributed by atoms with E-state index in [2.05, 4.69) is 9.72 Å². The number of imidazole rings is 1. The normalized spacial score (nSPS) is 12.5. The van der Waals surface area contributed by atoms with Gasteiger partial charge in [-0.2, -0.15) is 0 Å². The highest BCUT2D eigenvalue weighted by atomic mass is 19.1. The predicted octanol–water partition coefficient (Wildman–Crippen LogP) is 1.35. The Kier molecular flexibility index (Phi) is 4.27. The molecule has 4 nitrogen and oxygen atoms in total. The van der Waals surface area contributed by atoms with E-state index in [4.69, 9.17) is 0 Å². The monoisotopic (exact) mass is 214 g/mol. The van der Waals surface area contributed by atoms with Crippen molar-refractivity contribution >= 4 is 5.97 Å². The van der Waals surface area contributed by atoms with Crippen LogP contribution in [0.1, 0.15) is 19.7 Å². The van der Waals surface area contributed by atoms with Gasteiger partial charge in [-0.25, -0.2) is 14.2 Å². The van der Waals surface area contributed by atoms with E-state index in [-0.39, 0.29) is 13.0 Å². The Balaban J connectivity index is 2.57. The van der Waals surface area contributed by atoms with E-state index in [1.807, 2.05) is 6.92 Å². The van der Waals surface area contributed by atoms with E-state index in [1.54, 1.807) is 23.9 Å². The van der Waals surface area contributed by atoms with Crippen LogP contribution >= 0.6 is 0 Å². The van der Waals surface area contributed by atoms with Crippen molar-refractivity contribution in [3.8, 4) is 0 Å². The second kappa shape index (κ2) is 5.48. The third kappa shape index (κ3) is 3.04. The Hall–Kier alpha value is -1.39. The molecule has 0 amide bonds. The number of carbonyl (C=O) groups excluding carboxylic acids is 1. The highest BCUT2D eigenvalue weighted by Crippen LogP contribution is 2.06. The van der Waals surface area contributed by atoms with Crippen LogP contribution in [0, 0.1) is 0 Å². The molecule has 0 saturated carbocycles. The molecule has 5 heteroatoms. The molecule has 1 rings (SSSR count). The summed E-state index contributed by atoms with van der Waals surface area (Å²) in [7, 11) is 0. The first-order valence-corrected chi connectivity index (χ1v) is 4.99. The summed E-state index contributed by atoms with van der Waals surface area (Å²) in [5.74, 6) is -0.249. The molecule has 0 saturated heterocycles. The van der Waals surface area contributed by atoms with Crippen LogP contribution in [0.3, 0.4) is 0 Å². The molecule has 0 spiro atoms. The summed E-state index contributed by atoms with van der Waals surface area (Å²) in [6.45, 7) is 4.49. The Morgan fingerprint density at radius 2 is 2.40 bits per heavy atom. The fraction of sp³-hybridized carbons (Fsp3) is 0.600. The van der Waals surface area contributed by atoms with E-state index in [0.717, 1.165) is 0 Å². The average Bonchev–Trinajstić information content (AvgIpc) is 2.65. The number of hydrogen-bond acceptors (Lipinski definition) is 3. The van der Waals surface area contributed by atoms with Crippen LogP contribution < -0.4 is 0 Å². The lowest BCUT2D eigenvalue weighted by Crippen LogP contribution is -2.22. The summed E-state index contributed by atoms with van der Waals surface area (Å²) in [5.41, 5.74) is 0. The second-order valence-corrected chi connectivity index (χ2v) is 3.05. The van der Waals surface area contributed by atoms with Crippen LogP contribution in [-0.2, 0) is 22.5 Å². The largest absolute Gasteiger partial charge is 0.464 e. The molecule has 0 aliphatic carbocycles. The number of alkyl halides is 1. The van der Waals surface area contributed by atoms with Gasteiger partial charge in [-0.15, -0.1) is 0 Å². The summed E-state index contributed by atoms with van der Waals surface area (Å²) in [6, 6.07) is 0. The zero-order valence-electron chi connectivity index (χ0n) is 8.94. The number of esters is 1. The molecule has 0 aromatic carbocycles. The fourth-order valence-electron chi connectivity index (χ4n) is 1.29. The third-order valence-corrected chi connectivity index (χ3v) is 2.05. The van der Waals surface area contributed by atoms with E-state index in [0.29, 0.717) is 12.4 Å². The van der Waals surface area contributed by atoms with Crippen molar-refractivity contribution in [1.82, 2.24) is 9.55 Å². The first kappa shape index (κ1) is 11.7. The first-order chi connectivity index (χ1) is 7.19. The first-order valence-electron chi connectivity index (χ1n) is 4.99. The van der Waals surface area contributed by atoms with Gasteiger partial charge in [-0.05, 0) is 13.8 Å². The Labute approximate surface area is 88.1 Å². The Morgan fingerprint density at radius 1 is 1.67 bits per heavy atom. The van der Waals surface area contributed by atoms with E-state index >= 15 is 0 Å². The van der Waals surface area contributed by atoms with Crippen molar-refractivity contribution in [2.24, 2.45) is 0 Å². The topological polar surface area (TPSA) is 44.1 Å². The second-order valence-electron chi connectivity index (χ2n) is 3.05. The highest BCUT2D eigenvalue weighted by molar-refractivity contribution is 5.74. The summed E-state index contributed by atoms with van der Waals surface area (Å²) in [5, 5.41) is 0. The molecule has 15 heavy (non-hydrogen) atoms. The van der Waals surface area contributed by atoms with Gasteiger partial charge in [0.05, 0.1) is 6.61 Å². The number of ether oxygens (including phenoxy) is 1. The van der Waals surface area contributed by atoms with Crippen molar-refractivity contribution in [3.05, 3.63) is 18.2 Å². The van der Waals surface area contributed by atoms with Crippen LogP contribution in [0.5, 0.6) is 0 Å². The molecule has 0 bridgehead atoms. The van der Waals surface area contributed by atoms with Gasteiger partial charge in [0.2, 0.25) is 6.17 Å². The van der Waals surface area contributed by atoms with Crippen molar-refractivity contribution in [2.45, 2.75) is 33.0 Å². The van der Waals surface area contributed by atoms with E-state index in [1.165, 1.54) is 0 Å². The van der Waals surface area contributed by atoms with Crippen LogP contribution in [0.2, 0.25) is 0 Å². The molecule has 0 radical (unpaired) electrons. The molecule has 1 atom stereocenters. The van der Waals surface area contributed by atoms with Crippen LogP contribution in [0.15, 0.2) is 12.4 Å². The standard InChI is InChI=1S/C10H15FN2O2/c1-3-13-6-5-12-9(13)7-8(11)10(14)15-4-2/h5-6,8H,3-4,7H2,1-2H3. The lowest BCUT2D eigenvalue weighted by molar-refractivity contribution is -0.149. The summed E-state index contributed by atoms with van der Waals surface area (Å²) < 4.78 is 19.7. The zero-order chi connectivity index (χ0) is 11.3. The van der Waals surface area contributed by atoms with E-state index in [9.17, 15) is 9.18 Å². The Morgan fingerprint density at radius 3 is 3.00 bits per heavy atom. The molecule has 1 heterocycles. The summed E-state index contributed by atoms with van der Waals surface area (Å²) in [4.78, 5) is 15.0. The summed E-state index contributed by atoms with van der Waals surface area (Å²) in [6.07, 6.45) is 1.70. The minimum atomic E-state index is -1.63. The van der Waals surface area contributed by atoms with Crippen molar-refractivity contribution in [1.29, 1.82) is 0 Å². The van der Waals surface area contributed by atoms with Gasteiger partial charge in [0, 0.05) is 25.4 Å². The van der Waals surface area contributed by atoms with Gasteiger partial charge in [-0.1, -0.05) is 0 Å². The molecular formula is C10H15FN2O2. The molecule has 0 aliphatic rings. The zero-order valence-corrected chi connectivity index (χ0v) is 8.94. The number of nitrogens with zero attached hydrogens (tertiary/aromatic N) is 2. The van der Waals surface area contributed by atoms with Crippen molar-refractivity contribution in [3.63, 3.8) is 0 Å². The van der Waals surface area contributed by atoms with Gasteiger partial charge in [0.25, 0.3) is 0 Å². The van der Waals surface area contributed by atoms with Gasteiger partial charge in [-0.3, -0.25) is 0 Å². The third-order valence-electron chi connectivity index (χ3n) is 2.05. The van der Waals surface area contributed by atoms with Crippen molar-refractivity contribution in [2.75, 3.05) is 6.61 Å². The Bertz CT molecular complexity index is 325. The number of hydrogen-bond donors (Lipinski definition) is 0. The lowest BCUT2D eigenvalue weighted by Gasteiger charge is -2.08. The summed E-state index contributed by atoms with van der Waals surface area (Å²) >= 11 is 0. The molecule has 0 N–H and O–H groups in total. The average molecular weight is 214 g/mol. The number of halogens is 1. The number of aromatic nitrogens is 2. The molecule has 0 fully saturated rings. The molecule has 1 unspecified atom stereocenters. The maximum absolute atomic E-state index is 13.3. The molecule has 84 valence electrons. The van der Waals surface area contributed by atoms with Gasteiger partial charge < -0.3 is 9.30 Å². The smallest absolute Gasteiger partial charge is 0.341 e. The molecule has 1 aromatic rings. The highest BCUT2D eigenvalue weighted by Gasteiger charge is 2.21. The molecule has 1 aromatic heterocycles. The van der Waals surface area contributed by atoms with Crippen molar-refractivity contribution < 1.29 is 13.9 Å². The van der Waals surface area contributed by atoms with Crippen LogP contribution in [0.4, 0.5) is 4.39 Å². The minimum absolute atomic E-state index is 0.0281. The van der Waals surface area contributed by atoms with Crippen LogP contribution in [-0.4, -0.2) is 28.3 Å². The van der Waals surface area contributed by atoms with E-state index < -0.39 is 12.1 Å². The lowest BCUT2D eigenvalue weighted by atomic mass is 10.2. The quantitative estimate of drug-likeness (QED) is 0.695. The van der Waals surface area contributed by atoms with Gasteiger partial charge >= 0.3 is 5.97 Å². The predicted molar refractivity (Wildman–Crippen MR) is 53.1 cm³/mol. The SMILES string of the molecule is CCOC(=O)C(F)Cc1nccn1CC. The number of aryl methyl sites for hydroxylation is 1. The molecule has 0 aliphatic heterocycles. The number of carbonyl (C=O) groups is 1. The fourth-order valence-corrected chi connectivity index (χ4v) is 1.29.